The van der Waals surface area contributed by atoms with Crippen LogP contribution in [0.25, 0.3) is 10.9 Å². The largest absolute Gasteiger partial charge is 0.361 e. The van der Waals surface area contributed by atoms with Crippen LogP contribution >= 0.6 is 0 Å². The van der Waals surface area contributed by atoms with Crippen molar-refractivity contribution in [3.05, 3.63) is 107 Å². The van der Waals surface area contributed by atoms with Crippen molar-refractivity contribution in [1.82, 2.24) is 40.9 Å². The van der Waals surface area contributed by atoms with Crippen LogP contribution in [0.4, 0.5) is 0 Å². The van der Waals surface area contributed by atoms with E-state index in [1.165, 1.54) is 38.5 Å². The van der Waals surface area contributed by atoms with Crippen LogP contribution < -0.4 is 21.7 Å². The zero-order chi connectivity index (χ0) is 37.3. The van der Waals surface area contributed by atoms with Gasteiger partial charge < -0.3 is 36.6 Å². The third kappa shape index (κ3) is 9.46. The zero-order valence-electron chi connectivity index (χ0n) is 30.9. The number of hydrogen-bond donors (Lipinski definition) is 7. The molecular formula is C42H53N9O3. The number of amides is 3. The van der Waals surface area contributed by atoms with Crippen LogP contribution in [0.1, 0.15) is 110 Å². The van der Waals surface area contributed by atoms with Crippen LogP contribution in [0.5, 0.6) is 0 Å². The predicted octanol–water partition coefficient (Wildman–Crippen LogP) is 5.35. The summed E-state index contributed by atoms with van der Waals surface area (Å²) in [6.07, 6.45) is 17.7. The minimum atomic E-state index is -1.01. The fourth-order valence-electron chi connectivity index (χ4n) is 8.08. The summed E-state index contributed by atoms with van der Waals surface area (Å²) >= 11 is 0. The molecule has 5 aromatic rings. The number of fused-ring (bicyclic) bond motifs is 1. The van der Waals surface area contributed by atoms with Crippen molar-refractivity contribution in [1.29, 1.82) is 0 Å². The number of nitrogens with two attached hydrogens (primary N) is 1. The Morgan fingerprint density at radius 2 is 1.26 bits per heavy atom. The Kier molecular flexibility index (Phi) is 12.2. The van der Waals surface area contributed by atoms with Gasteiger partial charge in [-0.1, -0.05) is 87.1 Å². The molecule has 2 fully saturated rings. The van der Waals surface area contributed by atoms with Crippen molar-refractivity contribution >= 4 is 28.6 Å². The first kappa shape index (κ1) is 37.1. The van der Waals surface area contributed by atoms with Gasteiger partial charge in [0.25, 0.3) is 0 Å². The van der Waals surface area contributed by atoms with E-state index in [4.69, 9.17) is 5.73 Å². The lowest BCUT2D eigenvalue weighted by molar-refractivity contribution is -0.132. The number of benzene rings is 2. The highest BCUT2D eigenvalue weighted by atomic mass is 16.2. The highest BCUT2D eigenvalue weighted by Crippen LogP contribution is 2.32. The molecule has 0 radical (unpaired) electrons. The molecule has 54 heavy (non-hydrogen) atoms. The lowest BCUT2D eigenvalue weighted by atomic mass is 9.89. The zero-order valence-corrected chi connectivity index (χ0v) is 30.9. The first-order valence-corrected chi connectivity index (χ1v) is 19.7. The number of para-hydroxylation sites is 1. The van der Waals surface area contributed by atoms with Gasteiger partial charge in [-0.3, -0.25) is 14.4 Å². The molecule has 284 valence electrons. The molecule has 0 spiro atoms. The van der Waals surface area contributed by atoms with Gasteiger partial charge in [0, 0.05) is 78.5 Å². The molecule has 2 aliphatic carbocycles. The Morgan fingerprint density at radius 1 is 0.685 bits per heavy atom. The monoisotopic (exact) mass is 731 g/mol. The van der Waals surface area contributed by atoms with E-state index in [1.807, 2.05) is 60.8 Å². The molecule has 0 saturated heterocycles. The molecule has 3 atom stereocenters. The second kappa shape index (κ2) is 17.7. The van der Waals surface area contributed by atoms with E-state index in [2.05, 4.69) is 40.9 Å². The lowest BCUT2D eigenvalue weighted by Gasteiger charge is -2.24. The maximum absolute atomic E-state index is 14.3. The van der Waals surface area contributed by atoms with Crippen molar-refractivity contribution in [3.63, 3.8) is 0 Å². The van der Waals surface area contributed by atoms with E-state index in [1.54, 1.807) is 12.4 Å². The van der Waals surface area contributed by atoms with Gasteiger partial charge in [-0.2, -0.15) is 0 Å². The minimum Gasteiger partial charge on any atom is -0.361 e. The number of hydrogen-bond acceptors (Lipinski definition) is 6. The van der Waals surface area contributed by atoms with E-state index in [9.17, 15) is 14.4 Å². The van der Waals surface area contributed by atoms with Crippen LogP contribution in [0.2, 0.25) is 0 Å². The fourth-order valence-corrected chi connectivity index (χ4v) is 8.08. The van der Waals surface area contributed by atoms with Gasteiger partial charge in [0.1, 0.15) is 23.7 Å². The summed E-state index contributed by atoms with van der Waals surface area (Å²) in [5.74, 6) is 1.39. The van der Waals surface area contributed by atoms with Gasteiger partial charge in [-0.25, -0.2) is 9.97 Å². The smallest absolute Gasteiger partial charge is 0.243 e. The number of imidazole rings is 2. The predicted molar refractivity (Wildman–Crippen MR) is 208 cm³/mol. The average molecular weight is 732 g/mol. The van der Waals surface area contributed by atoms with E-state index >= 15 is 0 Å². The van der Waals surface area contributed by atoms with Gasteiger partial charge in [-0.15, -0.1) is 0 Å². The molecule has 0 aliphatic heterocycles. The third-order valence-electron chi connectivity index (χ3n) is 11.2. The molecule has 3 aromatic heterocycles. The quantitative estimate of drug-likeness (QED) is 0.0761. The van der Waals surface area contributed by atoms with E-state index < -0.39 is 29.9 Å². The maximum atomic E-state index is 14.3. The fraction of sp³-hybridized carbons (Fsp3) is 0.452. The number of carbonyl (C=O) groups excluding carboxylic acids is 3. The lowest BCUT2D eigenvalue weighted by Crippen LogP contribution is -2.57. The third-order valence-corrected chi connectivity index (χ3v) is 11.2. The number of rotatable bonds is 15. The van der Waals surface area contributed by atoms with Crippen LogP contribution in [0.3, 0.4) is 0 Å². The Morgan fingerprint density at radius 3 is 1.93 bits per heavy atom. The number of carbonyl (C=O) groups is 3. The summed E-state index contributed by atoms with van der Waals surface area (Å²) in [5, 5.41) is 9.91. The molecule has 0 bridgehead atoms. The Bertz CT molecular complexity index is 1990. The van der Waals surface area contributed by atoms with Gasteiger partial charge in [0.15, 0.2) is 0 Å². The van der Waals surface area contributed by atoms with Crippen molar-refractivity contribution < 1.29 is 14.4 Å². The summed E-state index contributed by atoms with van der Waals surface area (Å²) in [5.41, 5.74) is 10.8. The summed E-state index contributed by atoms with van der Waals surface area (Å²) < 4.78 is 0. The number of aromatic nitrogens is 5. The van der Waals surface area contributed by atoms with Gasteiger partial charge in [0.05, 0.1) is 6.04 Å². The second-order valence-electron chi connectivity index (χ2n) is 15.2. The molecule has 2 aliphatic rings. The molecule has 0 unspecified atom stereocenters. The van der Waals surface area contributed by atoms with Gasteiger partial charge >= 0.3 is 0 Å². The van der Waals surface area contributed by atoms with E-state index in [0.717, 1.165) is 70.7 Å². The standard InChI is InChI=1S/C42H53N9O3/c43-34(21-31-25-45-38(48-31)28-14-6-2-7-15-28)40(52)50-36(20-30-24-44-35-19-11-10-18-33(30)35)42(54)51-37(41(53)47-23-27-12-4-1-5-13-27)22-32-26-46-39(49-32)29-16-8-3-9-17-29/h1,4-5,10-13,18-19,24-26,28-29,34,36-37,44H,2-3,6-9,14-17,20-23,43H2,(H,45,48)(H,46,49)(H,47,53)(H,50,52)(H,51,54)/t34-,36-,37-/m0/s1. The van der Waals surface area contributed by atoms with Crippen molar-refractivity contribution in [2.24, 2.45) is 5.73 Å². The SMILES string of the molecule is N[C@@H](Cc1cnc(C2CCCCC2)[nH]1)C(=O)N[C@@H](Cc1c[nH]c2ccccc12)C(=O)N[C@@H](Cc1cnc(C2CCCCC2)[nH]1)C(=O)NCc1ccccc1. The molecular weight excluding hydrogens is 679 g/mol. The van der Waals surface area contributed by atoms with Gasteiger partial charge in [0.2, 0.25) is 17.7 Å². The number of nitrogens with one attached hydrogen (secondary N) is 6. The van der Waals surface area contributed by atoms with Gasteiger partial charge in [-0.05, 0) is 42.9 Å². The van der Waals surface area contributed by atoms with Crippen molar-refractivity contribution in [2.45, 2.75) is 120 Å². The molecule has 2 saturated carbocycles. The molecule has 3 amide bonds. The maximum Gasteiger partial charge on any atom is 0.243 e. The molecule has 12 nitrogen and oxygen atoms in total. The average Bonchev–Trinajstić information content (AvgIpc) is 3.98. The molecule has 2 aromatic carbocycles. The first-order valence-electron chi connectivity index (χ1n) is 19.7. The van der Waals surface area contributed by atoms with Crippen molar-refractivity contribution in [2.75, 3.05) is 0 Å². The van der Waals surface area contributed by atoms with Crippen LogP contribution in [-0.4, -0.2) is 60.8 Å². The van der Waals surface area contributed by atoms with Crippen LogP contribution in [0.15, 0.2) is 73.2 Å². The minimum absolute atomic E-state index is 0.193. The highest BCUT2D eigenvalue weighted by molar-refractivity contribution is 5.94. The van der Waals surface area contributed by atoms with Crippen LogP contribution in [-0.2, 0) is 40.2 Å². The highest BCUT2D eigenvalue weighted by Gasteiger charge is 2.30. The normalized spacial score (nSPS) is 17.1. The van der Waals surface area contributed by atoms with Crippen molar-refractivity contribution in [3.8, 4) is 0 Å². The molecule has 12 heteroatoms. The number of aromatic amines is 3. The summed E-state index contributed by atoms with van der Waals surface area (Å²) in [6.45, 7) is 0.308. The number of H-pyrrole nitrogens is 3. The molecule has 8 N–H and O–H groups in total. The summed E-state index contributed by atoms with van der Waals surface area (Å²) in [6, 6.07) is 14.6. The summed E-state index contributed by atoms with van der Waals surface area (Å²) in [7, 11) is 0. The first-order chi connectivity index (χ1) is 26.4. The Balaban J connectivity index is 1.08. The van der Waals surface area contributed by atoms with E-state index in [-0.39, 0.29) is 25.2 Å². The molecule has 7 rings (SSSR count). The van der Waals surface area contributed by atoms with E-state index in [0.29, 0.717) is 18.4 Å². The second-order valence-corrected chi connectivity index (χ2v) is 15.2. The molecule has 3 heterocycles. The number of nitrogens with zero attached hydrogens (tertiary/aromatic N) is 2. The summed E-state index contributed by atoms with van der Waals surface area (Å²) in [4.78, 5) is 61.3. The topological polar surface area (TPSA) is 186 Å². The van der Waals surface area contributed by atoms with Crippen LogP contribution in [0, 0.1) is 0 Å². The Hall–Kier alpha value is -5.23. The Labute approximate surface area is 316 Å².